The van der Waals surface area contributed by atoms with E-state index in [4.69, 9.17) is 4.74 Å². The lowest BCUT2D eigenvalue weighted by atomic mass is 10.00. The predicted octanol–water partition coefficient (Wildman–Crippen LogP) is 0.639. The van der Waals surface area contributed by atoms with E-state index in [9.17, 15) is 0 Å². The highest BCUT2D eigenvalue weighted by molar-refractivity contribution is 4.88. The molecule has 1 aliphatic rings. The van der Waals surface area contributed by atoms with Gasteiger partial charge in [0.25, 0.3) is 0 Å². The Bertz CT molecular complexity index is 209. The SMILES string of the molecule is CCOCCNCCN1CCN(C)C(C)(C)C1. The highest BCUT2D eigenvalue weighted by Crippen LogP contribution is 2.17. The van der Waals surface area contributed by atoms with E-state index in [1.807, 2.05) is 6.92 Å². The quantitative estimate of drug-likeness (QED) is 0.664. The van der Waals surface area contributed by atoms with Crippen LogP contribution in [0.2, 0.25) is 0 Å². The second-order valence-electron chi connectivity index (χ2n) is 5.46. The van der Waals surface area contributed by atoms with Gasteiger partial charge in [-0.3, -0.25) is 9.80 Å². The number of ether oxygens (including phenoxy) is 1. The van der Waals surface area contributed by atoms with E-state index < -0.39 is 0 Å². The van der Waals surface area contributed by atoms with Gasteiger partial charge in [0.05, 0.1) is 6.61 Å². The topological polar surface area (TPSA) is 27.7 Å². The molecule has 0 aromatic rings. The minimum atomic E-state index is 0.309. The van der Waals surface area contributed by atoms with Crippen molar-refractivity contribution < 1.29 is 4.74 Å². The molecule has 0 saturated carbocycles. The zero-order chi connectivity index (χ0) is 12.7. The Morgan fingerprint density at radius 3 is 2.65 bits per heavy atom. The molecule has 1 rings (SSSR count). The van der Waals surface area contributed by atoms with Gasteiger partial charge in [0.2, 0.25) is 0 Å². The molecule has 0 amide bonds. The zero-order valence-electron chi connectivity index (χ0n) is 12.0. The van der Waals surface area contributed by atoms with Crippen molar-refractivity contribution in [1.82, 2.24) is 15.1 Å². The average Bonchev–Trinajstić information content (AvgIpc) is 2.28. The Labute approximate surface area is 106 Å². The average molecular weight is 243 g/mol. The third kappa shape index (κ3) is 5.34. The van der Waals surface area contributed by atoms with Gasteiger partial charge in [0.15, 0.2) is 0 Å². The second kappa shape index (κ2) is 7.31. The Balaban J connectivity index is 2.08. The molecule has 1 saturated heterocycles. The Morgan fingerprint density at radius 1 is 1.24 bits per heavy atom. The van der Waals surface area contributed by atoms with Crippen molar-refractivity contribution in [3.05, 3.63) is 0 Å². The van der Waals surface area contributed by atoms with Crippen molar-refractivity contribution in [2.75, 3.05) is 59.5 Å². The summed E-state index contributed by atoms with van der Waals surface area (Å²) in [5.74, 6) is 0. The summed E-state index contributed by atoms with van der Waals surface area (Å²) in [6, 6.07) is 0. The van der Waals surface area contributed by atoms with Gasteiger partial charge in [-0.15, -0.1) is 0 Å². The molecule has 1 fully saturated rings. The molecule has 0 bridgehead atoms. The summed E-state index contributed by atoms with van der Waals surface area (Å²) < 4.78 is 5.29. The third-order valence-corrected chi connectivity index (χ3v) is 3.63. The maximum Gasteiger partial charge on any atom is 0.0590 e. The molecule has 0 aromatic heterocycles. The Hall–Kier alpha value is -0.160. The number of piperazine rings is 1. The van der Waals surface area contributed by atoms with Gasteiger partial charge in [-0.05, 0) is 27.8 Å². The second-order valence-corrected chi connectivity index (χ2v) is 5.46. The van der Waals surface area contributed by atoms with Crippen LogP contribution in [-0.4, -0.2) is 74.9 Å². The molecule has 1 heterocycles. The van der Waals surface area contributed by atoms with Crippen LogP contribution in [-0.2, 0) is 4.74 Å². The van der Waals surface area contributed by atoms with Crippen LogP contribution in [0.3, 0.4) is 0 Å². The summed E-state index contributed by atoms with van der Waals surface area (Å²) in [4.78, 5) is 5.00. The van der Waals surface area contributed by atoms with Gasteiger partial charge in [-0.25, -0.2) is 0 Å². The van der Waals surface area contributed by atoms with Crippen molar-refractivity contribution in [3.8, 4) is 0 Å². The number of rotatable bonds is 7. The molecule has 1 N–H and O–H groups in total. The lowest BCUT2D eigenvalue weighted by Crippen LogP contribution is -2.58. The number of nitrogens with zero attached hydrogens (tertiary/aromatic N) is 2. The van der Waals surface area contributed by atoms with Crippen molar-refractivity contribution in [3.63, 3.8) is 0 Å². The number of hydrogen-bond acceptors (Lipinski definition) is 4. The molecule has 4 heteroatoms. The van der Waals surface area contributed by atoms with Crippen LogP contribution >= 0.6 is 0 Å². The maximum atomic E-state index is 5.29. The first-order chi connectivity index (χ1) is 8.06. The summed E-state index contributed by atoms with van der Waals surface area (Å²) in [6.45, 7) is 15.0. The Kier molecular flexibility index (Phi) is 6.41. The van der Waals surface area contributed by atoms with Gasteiger partial charge >= 0.3 is 0 Å². The van der Waals surface area contributed by atoms with Crippen LogP contribution < -0.4 is 5.32 Å². The summed E-state index contributed by atoms with van der Waals surface area (Å²) >= 11 is 0. The molecular formula is C13H29N3O. The van der Waals surface area contributed by atoms with Crippen molar-refractivity contribution in [2.45, 2.75) is 26.3 Å². The van der Waals surface area contributed by atoms with Gasteiger partial charge in [0.1, 0.15) is 0 Å². The van der Waals surface area contributed by atoms with Gasteiger partial charge < -0.3 is 10.1 Å². The molecule has 0 radical (unpaired) electrons. The molecule has 4 nitrogen and oxygen atoms in total. The fraction of sp³-hybridized carbons (Fsp3) is 1.00. The first-order valence-corrected chi connectivity index (χ1v) is 6.78. The lowest BCUT2D eigenvalue weighted by molar-refractivity contribution is 0.0404. The molecule has 0 aromatic carbocycles. The number of nitrogens with one attached hydrogen (secondary N) is 1. The molecule has 0 spiro atoms. The molecule has 0 unspecified atom stereocenters. The standard InChI is InChI=1S/C13H29N3O/c1-5-17-11-7-14-6-8-16-10-9-15(4)13(2,3)12-16/h14H,5-12H2,1-4H3. The minimum absolute atomic E-state index is 0.309. The zero-order valence-corrected chi connectivity index (χ0v) is 12.0. The molecule has 102 valence electrons. The maximum absolute atomic E-state index is 5.29. The summed E-state index contributed by atoms with van der Waals surface area (Å²) in [6.07, 6.45) is 0. The molecule has 1 aliphatic heterocycles. The summed E-state index contributed by atoms with van der Waals surface area (Å²) in [5.41, 5.74) is 0.309. The fourth-order valence-corrected chi connectivity index (χ4v) is 2.18. The van der Waals surface area contributed by atoms with Crippen LogP contribution in [0, 0.1) is 0 Å². The minimum Gasteiger partial charge on any atom is -0.380 e. The molecular weight excluding hydrogens is 214 g/mol. The van der Waals surface area contributed by atoms with E-state index in [2.05, 4.69) is 36.0 Å². The highest BCUT2D eigenvalue weighted by atomic mass is 16.5. The Morgan fingerprint density at radius 2 is 2.00 bits per heavy atom. The number of likely N-dealkylation sites (N-methyl/N-ethyl adjacent to an activating group) is 1. The largest absolute Gasteiger partial charge is 0.380 e. The van der Waals surface area contributed by atoms with E-state index >= 15 is 0 Å². The van der Waals surface area contributed by atoms with Gasteiger partial charge in [0, 0.05) is 51.4 Å². The van der Waals surface area contributed by atoms with Crippen LogP contribution in [0.1, 0.15) is 20.8 Å². The fourth-order valence-electron chi connectivity index (χ4n) is 2.18. The smallest absolute Gasteiger partial charge is 0.0590 e. The summed E-state index contributed by atoms with van der Waals surface area (Å²) in [7, 11) is 2.22. The normalized spacial score (nSPS) is 21.9. The van der Waals surface area contributed by atoms with E-state index in [0.717, 1.165) is 39.4 Å². The predicted molar refractivity (Wildman–Crippen MR) is 72.5 cm³/mol. The molecule has 0 atom stereocenters. The van der Waals surface area contributed by atoms with Crippen molar-refractivity contribution >= 4 is 0 Å². The van der Waals surface area contributed by atoms with Gasteiger partial charge in [-0.2, -0.15) is 0 Å². The van der Waals surface area contributed by atoms with Crippen LogP contribution in [0.15, 0.2) is 0 Å². The van der Waals surface area contributed by atoms with Crippen molar-refractivity contribution in [1.29, 1.82) is 0 Å². The van der Waals surface area contributed by atoms with E-state index in [-0.39, 0.29) is 0 Å². The van der Waals surface area contributed by atoms with Crippen LogP contribution in [0.4, 0.5) is 0 Å². The van der Waals surface area contributed by atoms with E-state index in [0.29, 0.717) is 5.54 Å². The lowest BCUT2D eigenvalue weighted by Gasteiger charge is -2.45. The van der Waals surface area contributed by atoms with E-state index in [1.54, 1.807) is 0 Å². The monoisotopic (exact) mass is 243 g/mol. The van der Waals surface area contributed by atoms with Crippen LogP contribution in [0.25, 0.3) is 0 Å². The molecule has 0 aliphatic carbocycles. The van der Waals surface area contributed by atoms with Gasteiger partial charge in [-0.1, -0.05) is 0 Å². The highest BCUT2D eigenvalue weighted by Gasteiger charge is 2.30. The van der Waals surface area contributed by atoms with Crippen molar-refractivity contribution in [2.24, 2.45) is 0 Å². The molecule has 17 heavy (non-hydrogen) atoms. The third-order valence-electron chi connectivity index (χ3n) is 3.63. The first-order valence-electron chi connectivity index (χ1n) is 6.78. The van der Waals surface area contributed by atoms with E-state index in [1.165, 1.54) is 13.1 Å². The summed E-state index contributed by atoms with van der Waals surface area (Å²) in [5, 5.41) is 3.43. The van der Waals surface area contributed by atoms with Crippen LogP contribution in [0.5, 0.6) is 0 Å². The first kappa shape index (κ1) is 14.9. The number of hydrogen-bond donors (Lipinski definition) is 1.